The zero-order valence-electron chi connectivity index (χ0n) is 11.5. The molecule has 0 aliphatic rings. The van der Waals surface area contributed by atoms with Crippen molar-refractivity contribution in [3.63, 3.8) is 0 Å². The summed E-state index contributed by atoms with van der Waals surface area (Å²) in [5, 5.41) is 0. The molecule has 0 unspecified atom stereocenters. The van der Waals surface area contributed by atoms with Crippen molar-refractivity contribution in [3.8, 4) is 0 Å². The second-order valence-corrected chi connectivity index (χ2v) is 7.44. The lowest BCUT2D eigenvalue weighted by molar-refractivity contribution is 0.588. The highest BCUT2D eigenvalue weighted by Crippen LogP contribution is 2.30. The lowest BCUT2D eigenvalue weighted by Crippen LogP contribution is -2.28. The van der Waals surface area contributed by atoms with Crippen LogP contribution in [0.1, 0.15) is 5.56 Å². The van der Waals surface area contributed by atoms with E-state index in [1.165, 1.54) is 19.2 Å². The van der Waals surface area contributed by atoms with Gasteiger partial charge in [0, 0.05) is 11.5 Å². The van der Waals surface area contributed by atoms with Crippen molar-refractivity contribution in [2.75, 3.05) is 17.1 Å². The molecule has 0 saturated carbocycles. The van der Waals surface area contributed by atoms with Crippen molar-refractivity contribution in [2.24, 2.45) is 0 Å². The molecule has 0 aromatic heterocycles. The summed E-state index contributed by atoms with van der Waals surface area (Å²) in [5.74, 6) is -0.601. The fourth-order valence-electron chi connectivity index (χ4n) is 1.94. The molecular formula is C14H14BrFN2O2S. The molecule has 112 valence electrons. The molecule has 0 saturated heterocycles. The van der Waals surface area contributed by atoms with Gasteiger partial charge in [0.15, 0.2) is 0 Å². The van der Waals surface area contributed by atoms with Gasteiger partial charge in [-0.3, -0.25) is 4.31 Å². The molecule has 0 fully saturated rings. The molecule has 7 heteroatoms. The predicted molar refractivity (Wildman–Crippen MR) is 85.3 cm³/mol. The standard InChI is InChI=1S/C14H14BrFN2O2S/c1-9-3-5-11(16)8-14(9)21(19,20)18(2)13-6-4-10(15)7-12(13)17/h3-8H,17H2,1-2H3. The number of sulfonamides is 1. The van der Waals surface area contributed by atoms with Crippen LogP contribution in [0, 0.1) is 12.7 Å². The molecule has 0 atom stereocenters. The number of nitrogen functional groups attached to an aromatic ring is 1. The molecule has 0 aliphatic heterocycles. The Bertz CT molecular complexity index is 794. The molecule has 0 radical (unpaired) electrons. The lowest BCUT2D eigenvalue weighted by Gasteiger charge is -2.22. The van der Waals surface area contributed by atoms with Crippen LogP contribution in [0.3, 0.4) is 0 Å². The van der Waals surface area contributed by atoms with Gasteiger partial charge in [-0.2, -0.15) is 0 Å². The second kappa shape index (κ2) is 5.65. The summed E-state index contributed by atoms with van der Waals surface area (Å²) in [6, 6.07) is 8.56. The Morgan fingerprint density at radius 2 is 1.86 bits per heavy atom. The smallest absolute Gasteiger partial charge is 0.264 e. The zero-order valence-corrected chi connectivity index (χ0v) is 13.9. The Balaban J connectivity index is 2.55. The number of hydrogen-bond donors (Lipinski definition) is 1. The van der Waals surface area contributed by atoms with Gasteiger partial charge in [0.05, 0.1) is 16.3 Å². The van der Waals surface area contributed by atoms with E-state index in [0.29, 0.717) is 16.9 Å². The third-order valence-electron chi connectivity index (χ3n) is 3.12. The predicted octanol–water partition coefficient (Wildman–Crippen LogP) is 3.30. The Morgan fingerprint density at radius 3 is 2.48 bits per heavy atom. The molecule has 4 nitrogen and oxygen atoms in total. The van der Waals surface area contributed by atoms with Crippen LogP contribution < -0.4 is 10.0 Å². The highest BCUT2D eigenvalue weighted by atomic mass is 79.9. The fourth-order valence-corrected chi connectivity index (χ4v) is 3.78. The van der Waals surface area contributed by atoms with Crippen LogP contribution in [-0.4, -0.2) is 15.5 Å². The number of aryl methyl sites for hydroxylation is 1. The number of nitrogens with two attached hydrogens (primary N) is 1. The second-order valence-electron chi connectivity index (χ2n) is 4.59. The van der Waals surface area contributed by atoms with Crippen LogP contribution in [0.15, 0.2) is 45.8 Å². The van der Waals surface area contributed by atoms with E-state index in [4.69, 9.17) is 5.73 Å². The third-order valence-corrected chi connectivity index (χ3v) is 5.52. The molecule has 2 rings (SSSR count). The Morgan fingerprint density at radius 1 is 1.19 bits per heavy atom. The summed E-state index contributed by atoms with van der Waals surface area (Å²) in [5.41, 5.74) is 6.97. The number of rotatable bonds is 3. The number of anilines is 2. The topological polar surface area (TPSA) is 63.4 Å². The minimum atomic E-state index is -3.88. The van der Waals surface area contributed by atoms with Gasteiger partial charge < -0.3 is 5.73 Å². The summed E-state index contributed by atoms with van der Waals surface area (Å²) in [6.45, 7) is 1.62. The fraction of sp³-hybridized carbons (Fsp3) is 0.143. The first kappa shape index (κ1) is 15.8. The minimum absolute atomic E-state index is 0.0766. The highest BCUT2D eigenvalue weighted by Gasteiger charge is 2.25. The molecule has 2 aromatic rings. The van der Waals surface area contributed by atoms with E-state index >= 15 is 0 Å². The maximum atomic E-state index is 13.4. The van der Waals surface area contributed by atoms with E-state index in [9.17, 15) is 12.8 Å². The van der Waals surface area contributed by atoms with Gasteiger partial charge in [-0.05, 0) is 42.8 Å². The quantitative estimate of drug-likeness (QED) is 0.840. The maximum Gasteiger partial charge on any atom is 0.264 e. The monoisotopic (exact) mass is 372 g/mol. The average molecular weight is 373 g/mol. The Labute approximate surface area is 131 Å². The summed E-state index contributed by atoms with van der Waals surface area (Å²) >= 11 is 3.26. The van der Waals surface area contributed by atoms with E-state index in [2.05, 4.69) is 15.9 Å². The van der Waals surface area contributed by atoms with Gasteiger partial charge in [0.2, 0.25) is 0 Å². The summed E-state index contributed by atoms with van der Waals surface area (Å²) in [7, 11) is -2.49. The Hall–Kier alpha value is -1.60. The molecule has 0 amide bonds. The normalized spacial score (nSPS) is 11.4. The number of benzene rings is 2. The van der Waals surface area contributed by atoms with Gasteiger partial charge >= 0.3 is 0 Å². The lowest BCUT2D eigenvalue weighted by atomic mass is 10.2. The molecule has 21 heavy (non-hydrogen) atoms. The first-order chi connectivity index (χ1) is 9.73. The SMILES string of the molecule is Cc1ccc(F)cc1S(=O)(=O)N(C)c1ccc(Br)cc1N. The van der Waals surface area contributed by atoms with Gasteiger partial charge in [-0.25, -0.2) is 12.8 Å². The van der Waals surface area contributed by atoms with Crippen LogP contribution in [0.5, 0.6) is 0 Å². The minimum Gasteiger partial charge on any atom is -0.397 e. The van der Waals surface area contributed by atoms with Crippen molar-refractivity contribution in [1.29, 1.82) is 0 Å². The Kier molecular flexibility index (Phi) is 4.25. The first-order valence-corrected chi connectivity index (χ1v) is 8.27. The summed E-state index contributed by atoms with van der Waals surface area (Å²) < 4.78 is 40.4. The molecule has 0 bridgehead atoms. The number of nitrogens with zero attached hydrogens (tertiary/aromatic N) is 1. The van der Waals surface area contributed by atoms with Crippen LogP contribution in [0.4, 0.5) is 15.8 Å². The summed E-state index contributed by atoms with van der Waals surface area (Å²) in [4.78, 5) is -0.0766. The molecule has 2 N–H and O–H groups in total. The van der Waals surface area contributed by atoms with Crippen molar-refractivity contribution in [1.82, 2.24) is 0 Å². The van der Waals surface area contributed by atoms with E-state index in [-0.39, 0.29) is 4.90 Å². The van der Waals surface area contributed by atoms with Gasteiger partial charge in [-0.15, -0.1) is 0 Å². The zero-order chi connectivity index (χ0) is 15.8. The molecule has 0 aliphatic carbocycles. The first-order valence-electron chi connectivity index (χ1n) is 6.03. The van der Waals surface area contributed by atoms with E-state index in [1.807, 2.05) is 0 Å². The van der Waals surface area contributed by atoms with Crippen molar-refractivity contribution < 1.29 is 12.8 Å². The summed E-state index contributed by atoms with van der Waals surface area (Å²) in [6.07, 6.45) is 0. The average Bonchev–Trinajstić information content (AvgIpc) is 2.40. The molecule has 0 heterocycles. The van der Waals surface area contributed by atoms with E-state index < -0.39 is 15.8 Å². The number of halogens is 2. The van der Waals surface area contributed by atoms with Crippen LogP contribution in [0.25, 0.3) is 0 Å². The van der Waals surface area contributed by atoms with Gasteiger partial charge in [0.25, 0.3) is 10.0 Å². The van der Waals surface area contributed by atoms with Crippen LogP contribution in [0.2, 0.25) is 0 Å². The molecular weight excluding hydrogens is 359 g/mol. The van der Waals surface area contributed by atoms with Crippen LogP contribution in [-0.2, 0) is 10.0 Å². The van der Waals surface area contributed by atoms with Gasteiger partial charge in [0.1, 0.15) is 5.82 Å². The van der Waals surface area contributed by atoms with Crippen molar-refractivity contribution in [2.45, 2.75) is 11.8 Å². The molecule has 2 aromatic carbocycles. The number of hydrogen-bond acceptors (Lipinski definition) is 3. The van der Waals surface area contributed by atoms with Crippen molar-refractivity contribution >= 4 is 37.3 Å². The van der Waals surface area contributed by atoms with Crippen LogP contribution >= 0.6 is 15.9 Å². The van der Waals surface area contributed by atoms with E-state index in [1.54, 1.807) is 25.1 Å². The largest absolute Gasteiger partial charge is 0.397 e. The van der Waals surface area contributed by atoms with E-state index in [0.717, 1.165) is 14.8 Å². The highest BCUT2D eigenvalue weighted by molar-refractivity contribution is 9.10. The maximum absolute atomic E-state index is 13.4. The van der Waals surface area contributed by atoms with Gasteiger partial charge in [-0.1, -0.05) is 22.0 Å². The molecule has 0 spiro atoms. The van der Waals surface area contributed by atoms with Crippen molar-refractivity contribution in [3.05, 3.63) is 52.3 Å². The third kappa shape index (κ3) is 3.03.